The molecular weight excluding hydrogens is 425 g/mol. The lowest BCUT2D eigenvalue weighted by molar-refractivity contribution is -0.122. The van der Waals surface area contributed by atoms with Crippen molar-refractivity contribution in [3.8, 4) is 0 Å². The number of carbonyl (C=O) groups excluding carboxylic acids is 1. The van der Waals surface area contributed by atoms with Crippen LogP contribution in [0.2, 0.25) is 0 Å². The van der Waals surface area contributed by atoms with Gasteiger partial charge in [0.25, 0.3) is 0 Å². The van der Waals surface area contributed by atoms with Crippen LogP contribution in [-0.4, -0.2) is 70.2 Å². The number of para-hydroxylation sites is 1. The van der Waals surface area contributed by atoms with Crippen molar-refractivity contribution in [1.82, 2.24) is 25.2 Å². The number of aromatic nitrogens is 3. The Hall–Kier alpha value is -2.88. The molecule has 33 heavy (non-hydrogen) atoms. The highest BCUT2D eigenvalue weighted by molar-refractivity contribution is 5.82. The van der Waals surface area contributed by atoms with Crippen molar-refractivity contribution in [3.63, 3.8) is 0 Å². The van der Waals surface area contributed by atoms with E-state index in [2.05, 4.69) is 25.2 Å². The van der Waals surface area contributed by atoms with E-state index in [1.165, 1.54) is 0 Å². The predicted molar refractivity (Wildman–Crippen MR) is 120 cm³/mol. The Morgan fingerprint density at radius 1 is 1.30 bits per heavy atom. The number of likely N-dealkylation sites (tertiary alicyclic amines) is 1. The van der Waals surface area contributed by atoms with Crippen LogP contribution in [0.15, 0.2) is 42.7 Å². The van der Waals surface area contributed by atoms with Gasteiger partial charge in [-0.15, -0.1) is 0 Å². The van der Waals surface area contributed by atoms with Crippen LogP contribution in [0.4, 0.5) is 4.39 Å². The maximum absolute atomic E-state index is 13.2. The number of H-pyrrole nitrogens is 1. The van der Waals surface area contributed by atoms with Crippen molar-refractivity contribution in [2.75, 3.05) is 26.3 Å². The molecule has 3 atom stereocenters. The number of aromatic amines is 1. The van der Waals surface area contributed by atoms with E-state index in [0.29, 0.717) is 42.7 Å². The number of fused-ring (bicyclic) bond motifs is 1. The molecule has 2 saturated heterocycles. The SMILES string of the molecule is O=C(Cc1nc2c(CF)cccc2[nH]1)NC1CN(C2CCOC2)C[C@@H]1OCc1cccnc1. The first-order valence-electron chi connectivity index (χ1n) is 11.3. The Bertz CT molecular complexity index is 1090. The van der Waals surface area contributed by atoms with Crippen LogP contribution in [0.5, 0.6) is 0 Å². The minimum absolute atomic E-state index is 0.0960. The second kappa shape index (κ2) is 9.94. The molecule has 3 aromatic rings. The van der Waals surface area contributed by atoms with Gasteiger partial charge in [0.15, 0.2) is 0 Å². The van der Waals surface area contributed by atoms with Crippen molar-refractivity contribution in [1.29, 1.82) is 0 Å². The van der Waals surface area contributed by atoms with Crippen LogP contribution in [0.25, 0.3) is 11.0 Å². The zero-order valence-corrected chi connectivity index (χ0v) is 18.4. The summed E-state index contributed by atoms with van der Waals surface area (Å²) in [5.74, 6) is 0.385. The molecule has 8 nitrogen and oxygen atoms in total. The van der Waals surface area contributed by atoms with Gasteiger partial charge in [-0.05, 0) is 24.1 Å². The van der Waals surface area contributed by atoms with Crippen LogP contribution in [0.1, 0.15) is 23.4 Å². The number of halogens is 1. The fourth-order valence-electron chi connectivity index (χ4n) is 4.65. The molecule has 0 radical (unpaired) electrons. The van der Waals surface area contributed by atoms with Crippen molar-refractivity contribution in [2.24, 2.45) is 0 Å². The highest BCUT2D eigenvalue weighted by Crippen LogP contribution is 2.23. The third-order valence-electron chi connectivity index (χ3n) is 6.37. The molecule has 2 aliphatic rings. The Kier molecular flexibility index (Phi) is 6.61. The number of ether oxygens (including phenoxy) is 2. The van der Waals surface area contributed by atoms with Gasteiger partial charge in [-0.1, -0.05) is 18.2 Å². The number of rotatable bonds is 8. The van der Waals surface area contributed by atoms with Gasteiger partial charge in [-0.25, -0.2) is 9.37 Å². The van der Waals surface area contributed by atoms with E-state index in [1.807, 2.05) is 18.2 Å². The van der Waals surface area contributed by atoms with E-state index in [9.17, 15) is 9.18 Å². The molecule has 9 heteroatoms. The summed E-state index contributed by atoms with van der Waals surface area (Å²) >= 11 is 0. The maximum atomic E-state index is 13.2. The molecule has 2 fully saturated rings. The third-order valence-corrected chi connectivity index (χ3v) is 6.37. The van der Waals surface area contributed by atoms with E-state index in [1.54, 1.807) is 24.5 Å². The number of hydrogen-bond acceptors (Lipinski definition) is 6. The van der Waals surface area contributed by atoms with Gasteiger partial charge in [0, 0.05) is 43.7 Å². The van der Waals surface area contributed by atoms with Crippen LogP contribution in [0.3, 0.4) is 0 Å². The van der Waals surface area contributed by atoms with Crippen molar-refractivity contribution in [3.05, 3.63) is 59.7 Å². The summed E-state index contributed by atoms with van der Waals surface area (Å²) in [4.78, 5) is 27.0. The van der Waals surface area contributed by atoms with Gasteiger partial charge in [0.05, 0.1) is 42.8 Å². The van der Waals surface area contributed by atoms with E-state index in [-0.39, 0.29) is 24.5 Å². The smallest absolute Gasteiger partial charge is 0.227 e. The monoisotopic (exact) mass is 453 g/mol. The van der Waals surface area contributed by atoms with Gasteiger partial charge in [0.2, 0.25) is 5.91 Å². The minimum Gasteiger partial charge on any atom is -0.380 e. The van der Waals surface area contributed by atoms with Gasteiger partial charge >= 0.3 is 0 Å². The Balaban J connectivity index is 1.25. The van der Waals surface area contributed by atoms with Gasteiger partial charge in [0.1, 0.15) is 12.5 Å². The largest absolute Gasteiger partial charge is 0.380 e. The number of carbonyl (C=O) groups is 1. The highest BCUT2D eigenvalue weighted by atomic mass is 19.1. The van der Waals surface area contributed by atoms with Crippen LogP contribution in [-0.2, 0) is 34.0 Å². The molecule has 2 aliphatic heterocycles. The summed E-state index contributed by atoms with van der Waals surface area (Å²) in [7, 11) is 0. The summed E-state index contributed by atoms with van der Waals surface area (Å²) in [5.41, 5.74) is 2.83. The van der Waals surface area contributed by atoms with Crippen LogP contribution >= 0.6 is 0 Å². The summed E-state index contributed by atoms with van der Waals surface area (Å²) in [5, 5.41) is 3.14. The molecule has 0 aliphatic carbocycles. The van der Waals surface area contributed by atoms with Gasteiger partial charge in [-0.3, -0.25) is 14.7 Å². The fourth-order valence-corrected chi connectivity index (χ4v) is 4.65. The van der Waals surface area contributed by atoms with E-state index >= 15 is 0 Å². The number of alkyl halides is 1. The average molecular weight is 454 g/mol. The van der Waals surface area contributed by atoms with Crippen LogP contribution in [0, 0.1) is 0 Å². The molecule has 5 rings (SSSR count). The fraction of sp³-hybridized carbons (Fsp3) is 0.458. The Morgan fingerprint density at radius 2 is 2.24 bits per heavy atom. The molecular formula is C24H28FN5O3. The lowest BCUT2D eigenvalue weighted by Crippen LogP contribution is -2.45. The number of imidazole rings is 1. The topological polar surface area (TPSA) is 92.4 Å². The predicted octanol–water partition coefficient (Wildman–Crippen LogP) is 2.14. The second-order valence-corrected chi connectivity index (χ2v) is 8.66. The standard InChI is InChI=1S/C24H28FN5O3/c25-10-17-4-1-5-19-24(17)29-22(27-19)9-23(31)28-20-12-30(18-6-8-32-15-18)13-21(20)33-14-16-3-2-7-26-11-16/h1-5,7,11,18,20-21H,6,8-10,12-15H2,(H,27,29)(H,28,31)/t18?,20?,21-/m0/s1. The zero-order valence-electron chi connectivity index (χ0n) is 18.4. The van der Waals surface area contributed by atoms with Crippen LogP contribution < -0.4 is 5.32 Å². The molecule has 2 N–H and O–H groups in total. The summed E-state index contributed by atoms with van der Waals surface area (Å²) < 4.78 is 25.0. The lowest BCUT2D eigenvalue weighted by atomic mass is 10.2. The third kappa shape index (κ3) is 5.05. The molecule has 4 heterocycles. The van der Waals surface area contributed by atoms with Crippen molar-refractivity contribution in [2.45, 2.75) is 44.3 Å². The summed E-state index contributed by atoms with van der Waals surface area (Å²) in [6.45, 7) is 2.79. The second-order valence-electron chi connectivity index (χ2n) is 8.66. The number of amides is 1. The molecule has 1 amide bonds. The molecule has 0 spiro atoms. The first-order chi connectivity index (χ1) is 16.2. The Morgan fingerprint density at radius 3 is 3.03 bits per heavy atom. The van der Waals surface area contributed by atoms with Crippen molar-refractivity contribution >= 4 is 16.9 Å². The number of benzene rings is 1. The summed E-state index contributed by atoms with van der Waals surface area (Å²) in [6.07, 6.45) is 4.48. The van der Waals surface area contributed by atoms with E-state index in [4.69, 9.17) is 9.47 Å². The number of nitrogens with zero attached hydrogens (tertiary/aromatic N) is 3. The molecule has 174 valence electrons. The van der Waals surface area contributed by atoms with Crippen molar-refractivity contribution < 1.29 is 18.7 Å². The van der Waals surface area contributed by atoms with E-state index < -0.39 is 6.67 Å². The molecule has 0 saturated carbocycles. The minimum atomic E-state index is -0.591. The van der Waals surface area contributed by atoms with E-state index in [0.717, 1.165) is 30.7 Å². The van der Waals surface area contributed by atoms with Gasteiger partial charge in [-0.2, -0.15) is 0 Å². The number of hydrogen-bond donors (Lipinski definition) is 2. The first kappa shape index (κ1) is 21.9. The first-order valence-corrected chi connectivity index (χ1v) is 11.3. The molecule has 1 aromatic carbocycles. The normalized spacial score (nSPS) is 23.4. The number of pyridine rings is 1. The number of nitrogens with one attached hydrogen (secondary N) is 2. The highest BCUT2D eigenvalue weighted by Gasteiger charge is 2.38. The maximum Gasteiger partial charge on any atom is 0.227 e. The molecule has 2 aromatic heterocycles. The average Bonchev–Trinajstić information content (AvgIpc) is 3.57. The zero-order chi connectivity index (χ0) is 22.6. The molecule has 0 bridgehead atoms. The quantitative estimate of drug-likeness (QED) is 0.543. The molecule has 2 unspecified atom stereocenters. The van der Waals surface area contributed by atoms with Gasteiger partial charge < -0.3 is 19.8 Å². The summed E-state index contributed by atoms with van der Waals surface area (Å²) in [6, 6.07) is 9.40. The Labute approximate surface area is 191 Å². The lowest BCUT2D eigenvalue weighted by Gasteiger charge is -2.21.